The van der Waals surface area contributed by atoms with E-state index in [0.29, 0.717) is 0 Å². The van der Waals surface area contributed by atoms with Gasteiger partial charge in [0.25, 0.3) is 0 Å². The third kappa shape index (κ3) is 3.84. The van der Waals surface area contributed by atoms with Gasteiger partial charge in [-0.15, -0.1) is 5.10 Å². The Hall–Kier alpha value is -3.61. The second kappa shape index (κ2) is 7.31. The lowest BCUT2D eigenvalue weighted by molar-refractivity contribution is 0.415. The molecule has 0 fully saturated rings. The van der Waals surface area contributed by atoms with E-state index in [4.69, 9.17) is 16.2 Å². The maximum absolute atomic E-state index is 5.31. The first kappa shape index (κ1) is 16.3. The van der Waals surface area contributed by atoms with Crippen molar-refractivity contribution in [2.24, 2.45) is 21.7 Å². The maximum atomic E-state index is 5.31. The van der Waals surface area contributed by atoms with Crippen molar-refractivity contribution < 1.29 is 4.74 Å². The van der Waals surface area contributed by atoms with E-state index >= 15 is 0 Å². The SMILES string of the molecule is COc1ccc(-c2nn(-c3ccccc3)cc2/C=N\N=C(N)N)cc1. The Morgan fingerprint density at radius 2 is 1.80 bits per heavy atom. The van der Waals surface area contributed by atoms with E-state index in [1.807, 2.05) is 60.8 Å². The number of benzene rings is 2. The predicted molar refractivity (Wildman–Crippen MR) is 99.0 cm³/mol. The Labute approximate surface area is 145 Å². The van der Waals surface area contributed by atoms with Crippen LogP contribution >= 0.6 is 0 Å². The molecule has 0 spiro atoms. The number of guanidine groups is 1. The van der Waals surface area contributed by atoms with Gasteiger partial charge in [-0.05, 0) is 36.4 Å². The fourth-order valence-electron chi connectivity index (χ4n) is 2.33. The van der Waals surface area contributed by atoms with Gasteiger partial charge < -0.3 is 16.2 Å². The first-order valence-electron chi connectivity index (χ1n) is 7.59. The van der Waals surface area contributed by atoms with Crippen LogP contribution in [0.15, 0.2) is 71.0 Å². The molecule has 0 bridgehead atoms. The molecule has 7 heteroatoms. The van der Waals surface area contributed by atoms with Crippen LogP contribution in [0.5, 0.6) is 5.75 Å². The average Bonchev–Trinajstić information content (AvgIpc) is 3.06. The number of ether oxygens (including phenoxy) is 1. The van der Waals surface area contributed by atoms with Gasteiger partial charge >= 0.3 is 0 Å². The van der Waals surface area contributed by atoms with Gasteiger partial charge in [0.05, 0.1) is 19.0 Å². The zero-order chi connectivity index (χ0) is 17.6. The quantitative estimate of drug-likeness (QED) is 0.424. The topological polar surface area (TPSA) is 104 Å². The van der Waals surface area contributed by atoms with Gasteiger partial charge in [-0.1, -0.05) is 18.2 Å². The number of aromatic nitrogens is 2. The molecule has 0 saturated carbocycles. The molecule has 4 N–H and O–H groups in total. The van der Waals surface area contributed by atoms with Crippen LogP contribution in [-0.4, -0.2) is 29.1 Å². The molecule has 3 aromatic rings. The third-order valence-electron chi connectivity index (χ3n) is 3.50. The lowest BCUT2D eigenvalue weighted by Crippen LogP contribution is -2.21. The summed E-state index contributed by atoms with van der Waals surface area (Å²) in [6.07, 6.45) is 3.45. The van der Waals surface area contributed by atoms with Crippen LogP contribution in [0.1, 0.15) is 5.56 Å². The molecule has 126 valence electrons. The Balaban J connectivity index is 2.05. The summed E-state index contributed by atoms with van der Waals surface area (Å²) in [5.41, 5.74) is 14.1. The third-order valence-corrected chi connectivity index (χ3v) is 3.50. The molecule has 25 heavy (non-hydrogen) atoms. The van der Waals surface area contributed by atoms with E-state index in [1.165, 1.54) is 0 Å². The Morgan fingerprint density at radius 3 is 2.44 bits per heavy atom. The molecule has 7 nitrogen and oxygen atoms in total. The molecule has 0 aliphatic rings. The average molecular weight is 334 g/mol. The van der Waals surface area contributed by atoms with Crippen LogP contribution < -0.4 is 16.2 Å². The molecule has 0 unspecified atom stereocenters. The molecule has 0 radical (unpaired) electrons. The predicted octanol–water partition coefficient (Wildman–Crippen LogP) is 2.16. The van der Waals surface area contributed by atoms with Crippen molar-refractivity contribution in [2.45, 2.75) is 0 Å². The van der Waals surface area contributed by atoms with Crippen LogP contribution in [0, 0.1) is 0 Å². The number of rotatable bonds is 5. The lowest BCUT2D eigenvalue weighted by atomic mass is 10.1. The Morgan fingerprint density at radius 1 is 1.08 bits per heavy atom. The lowest BCUT2D eigenvalue weighted by Gasteiger charge is -2.02. The van der Waals surface area contributed by atoms with Gasteiger partial charge in [0, 0.05) is 17.3 Å². The van der Waals surface area contributed by atoms with E-state index < -0.39 is 0 Å². The number of hydrogen-bond donors (Lipinski definition) is 2. The van der Waals surface area contributed by atoms with Crippen molar-refractivity contribution in [3.8, 4) is 22.7 Å². The highest BCUT2D eigenvalue weighted by Crippen LogP contribution is 2.25. The first-order chi connectivity index (χ1) is 12.2. The summed E-state index contributed by atoms with van der Waals surface area (Å²) in [7, 11) is 1.63. The zero-order valence-electron chi connectivity index (χ0n) is 13.7. The van der Waals surface area contributed by atoms with E-state index in [2.05, 4.69) is 15.3 Å². The van der Waals surface area contributed by atoms with Crippen molar-refractivity contribution >= 4 is 12.2 Å². The van der Waals surface area contributed by atoms with Gasteiger partial charge in [-0.3, -0.25) is 0 Å². The van der Waals surface area contributed by atoms with Crippen molar-refractivity contribution in [2.75, 3.05) is 7.11 Å². The van der Waals surface area contributed by atoms with Crippen LogP contribution in [0.3, 0.4) is 0 Å². The highest BCUT2D eigenvalue weighted by Gasteiger charge is 2.11. The van der Waals surface area contributed by atoms with E-state index in [1.54, 1.807) is 18.0 Å². The van der Waals surface area contributed by atoms with Gasteiger partial charge in [-0.2, -0.15) is 10.2 Å². The number of nitrogens with zero attached hydrogens (tertiary/aromatic N) is 4. The maximum Gasteiger partial charge on any atom is 0.211 e. The van der Waals surface area contributed by atoms with Crippen LogP contribution in [0.4, 0.5) is 0 Å². The summed E-state index contributed by atoms with van der Waals surface area (Å²) in [5.74, 6) is 0.680. The first-order valence-corrected chi connectivity index (χ1v) is 7.59. The molecule has 3 rings (SSSR count). The van der Waals surface area contributed by atoms with Crippen molar-refractivity contribution in [1.82, 2.24) is 9.78 Å². The number of nitrogens with two attached hydrogens (primary N) is 2. The summed E-state index contributed by atoms with van der Waals surface area (Å²) in [5, 5.41) is 12.2. The van der Waals surface area contributed by atoms with E-state index in [-0.39, 0.29) is 5.96 Å². The highest BCUT2D eigenvalue weighted by atomic mass is 16.5. The van der Waals surface area contributed by atoms with Gasteiger partial charge in [0.1, 0.15) is 11.4 Å². The molecule has 0 aliphatic heterocycles. The standard InChI is InChI=1S/C18H18N6O/c1-25-16-9-7-13(8-10-16)17-14(11-21-22-18(19)20)12-24(23-17)15-5-3-2-4-6-15/h2-12H,1H3,(H4,19,20,22)/b21-11-. The monoisotopic (exact) mass is 334 g/mol. The molecule has 0 aliphatic carbocycles. The molecule has 2 aromatic carbocycles. The fourth-order valence-corrected chi connectivity index (χ4v) is 2.33. The minimum Gasteiger partial charge on any atom is -0.497 e. The number of methoxy groups -OCH3 is 1. The van der Waals surface area contributed by atoms with Gasteiger partial charge in [-0.25, -0.2) is 4.68 Å². The molecule has 1 aromatic heterocycles. The minimum absolute atomic E-state index is 0.0994. The summed E-state index contributed by atoms with van der Waals surface area (Å²) in [6, 6.07) is 17.5. The van der Waals surface area contributed by atoms with Gasteiger partial charge in [0.2, 0.25) is 5.96 Å². The summed E-state index contributed by atoms with van der Waals surface area (Å²) in [4.78, 5) is 0. The molecule has 0 saturated heterocycles. The second-order valence-corrected chi connectivity index (χ2v) is 5.21. The Kier molecular flexibility index (Phi) is 4.75. The molecule has 0 amide bonds. The van der Waals surface area contributed by atoms with Crippen molar-refractivity contribution in [3.05, 3.63) is 66.4 Å². The van der Waals surface area contributed by atoms with E-state index in [0.717, 1.165) is 28.3 Å². The van der Waals surface area contributed by atoms with E-state index in [9.17, 15) is 0 Å². The van der Waals surface area contributed by atoms with Crippen molar-refractivity contribution in [1.29, 1.82) is 0 Å². The molecule has 1 heterocycles. The molecule has 0 atom stereocenters. The van der Waals surface area contributed by atoms with Crippen molar-refractivity contribution in [3.63, 3.8) is 0 Å². The van der Waals surface area contributed by atoms with Crippen LogP contribution in [0.2, 0.25) is 0 Å². The number of hydrogen-bond acceptors (Lipinski definition) is 4. The fraction of sp³-hybridized carbons (Fsp3) is 0.0556. The minimum atomic E-state index is -0.0994. The van der Waals surface area contributed by atoms with Crippen LogP contribution in [-0.2, 0) is 0 Å². The summed E-state index contributed by atoms with van der Waals surface area (Å²) >= 11 is 0. The summed E-state index contributed by atoms with van der Waals surface area (Å²) in [6.45, 7) is 0. The smallest absolute Gasteiger partial charge is 0.211 e. The number of para-hydroxylation sites is 1. The molecular formula is C18H18N6O. The van der Waals surface area contributed by atoms with Crippen LogP contribution in [0.25, 0.3) is 16.9 Å². The largest absolute Gasteiger partial charge is 0.497 e. The van der Waals surface area contributed by atoms with Gasteiger partial charge in [0.15, 0.2) is 0 Å². The molecular weight excluding hydrogens is 316 g/mol. The second-order valence-electron chi connectivity index (χ2n) is 5.21. The normalized spacial score (nSPS) is 10.8. The highest BCUT2D eigenvalue weighted by molar-refractivity contribution is 5.89. The summed E-state index contributed by atoms with van der Waals surface area (Å²) < 4.78 is 6.99. The Bertz CT molecular complexity index is 893. The zero-order valence-corrected chi connectivity index (χ0v) is 13.7.